The highest BCUT2D eigenvalue weighted by molar-refractivity contribution is 7.07. The van der Waals surface area contributed by atoms with E-state index in [4.69, 9.17) is 4.74 Å². The molecule has 1 aromatic carbocycles. The van der Waals surface area contributed by atoms with E-state index in [1.807, 2.05) is 42.1 Å². The highest BCUT2D eigenvalue weighted by atomic mass is 32.1. The number of nitrogens with zero attached hydrogens (tertiary/aromatic N) is 1. The summed E-state index contributed by atoms with van der Waals surface area (Å²) in [7, 11) is 0. The number of ether oxygens (including phenoxy) is 1. The molecule has 1 aromatic heterocycles. The lowest BCUT2D eigenvalue weighted by Gasteiger charge is -2.10. The van der Waals surface area contributed by atoms with Crippen LogP contribution in [0.3, 0.4) is 0 Å². The number of aromatic nitrogens is 1. The number of hydrogen-bond acceptors (Lipinski definition) is 4. The van der Waals surface area contributed by atoms with Crippen molar-refractivity contribution in [1.82, 2.24) is 4.98 Å². The molecule has 0 unspecified atom stereocenters. The van der Waals surface area contributed by atoms with Gasteiger partial charge in [-0.3, -0.25) is 0 Å². The molecule has 0 fully saturated rings. The van der Waals surface area contributed by atoms with Crippen molar-refractivity contribution < 1.29 is 4.74 Å². The van der Waals surface area contributed by atoms with E-state index in [1.165, 1.54) is 0 Å². The number of anilines is 1. The molecule has 0 bridgehead atoms. The van der Waals surface area contributed by atoms with E-state index in [2.05, 4.69) is 10.3 Å². The predicted molar refractivity (Wildman–Crippen MR) is 67.1 cm³/mol. The third kappa shape index (κ3) is 2.73. The van der Waals surface area contributed by atoms with Crippen LogP contribution in [0.5, 0.6) is 5.75 Å². The van der Waals surface area contributed by atoms with Gasteiger partial charge in [-0.1, -0.05) is 12.1 Å². The molecule has 0 aliphatic heterocycles. The lowest BCUT2D eigenvalue weighted by molar-refractivity contribution is 0.341. The topological polar surface area (TPSA) is 34.1 Å². The van der Waals surface area contributed by atoms with E-state index in [-0.39, 0.29) is 0 Å². The van der Waals surface area contributed by atoms with Crippen molar-refractivity contribution in [2.24, 2.45) is 0 Å². The van der Waals surface area contributed by atoms with Gasteiger partial charge in [-0.15, -0.1) is 11.3 Å². The van der Waals surface area contributed by atoms with Gasteiger partial charge in [0, 0.05) is 5.38 Å². The van der Waals surface area contributed by atoms with Gasteiger partial charge in [0.25, 0.3) is 0 Å². The van der Waals surface area contributed by atoms with E-state index in [0.717, 1.165) is 23.7 Å². The van der Waals surface area contributed by atoms with Crippen molar-refractivity contribution in [1.29, 1.82) is 0 Å². The molecule has 84 valence electrons. The molecule has 0 saturated heterocycles. The van der Waals surface area contributed by atoms with Gasteiger partial charge in [-0.25, -0.2) is 4.98 Å². The fraction of sp³-hybridized carbons (Fsp3) is 0.250. The summed E-state index contributed by atoms with van der Waals surface area (Å²) in [6.45, 7) is 3.39. The second-order valence-corrected chi connectivity index (χ2v) is 3.98. The molecule has 0 atom stereocenters. The lowest BCUT2D eigenvalue weighted by Crippen LogP contribution is -2.02. The maximum atomic E-state index is 5.53. The van der Waals surface area contributed by atoms with E-state index in [1.54, 1.807) is 11.3 Å². The Morgan fingerprint density at radius 3 is 3.00 bits per heavy atom. The zero-order valence-corrected chi connectivity index (χ0v) is 9.96. The van der Waals surface area contributed by atoms with Crippen LogP contribution < -0.4 is 10.1 Å². The van der Waals surface area contributed by atoms with Crippen LogP contribution in [-0.4, -0.2) is 11.6 Å². The number of para-hydroxylation sites is 2. The summed E-state index contributed by atoms with van der Waals surface area (Å²) in [5, 5.41) is 5.36. The van der Waals surface area contributed by atoms with Crippen LogP contribution in [0.15, 0.2) is 35.2 Å². The summed E-state index contributed by atoms with van der Waals surface area (Å²) in [5.74, 6) is 0.889. The summed E-state index contributed by atoms with van der Waals surface area (Å²) in [4.78, 5) is 4.22. The van der Waals surface area contributed by atoms with Gasteiger partial charge < -0.3 is 10.1 Å². The molecular weight excluding hydrogens is 220 g/mol. The van der Waals surface area contributed by atoms with E-state index >= 15 is 0 Å². The third-order valence-corrected chi connectivity index (χ3v) is 2.77. The van der Waals surface area contributed by atoms with Gasteiger partial charge in [0.05, 0.1) is 30.0 Å². The maximum Gasteiger partial charge on any atom is 0.142 e. The Labute approximate surface area is 99.1 Å². The second kappa shape index (κ2) is 5.51. The Kier molecular flexibility index (Phi) is 3.77. The minimum Gasteiger partial charge on any atom is -0.492 e. The van der Waals surface area contributed by atoms with Gasteiger partial charge >= 0.3 is 0 Å². The van der Waals surface area contributed by atoms with Gasteiger partial charge in [0.2, 0.25) is 0 Å². The number of hydrogen-bond donors (Lipinski definition) is 1. The zero-order valence-electron chi connectivity index (χ0n) is 9.14. The van der Waals surface area contributed by atoms with E-state index in [0.29, 0.717) is 6.61 Å². The lowest BCUT2D eigenvalue weighted by atomic mass is 10.3. The van der Waals surface area contributed by atoms with Crippen molar-refractivity contribution in [2.75, 3.05) is 11.9 Å². The van der Waals surface area contributed by atoms with Crippen LogP contribution >= 0.6 is 11.3 Å². The summed E-state index contributed by atoms with van der Waals surface area (Å²) in [6, 6.07) is 7.94. The largest absolute Gasteiger partial charge is 0.492 e. The molecule has 16 heavy (non-hydrogen) atoms. The number of benzene rings is 1. The second-order valence-electron chi connectivity index (χ2n) is 3.26. The molecule has 3 nitrogen and oxygen atoms in total. The average Bonchev–Trinajstić information content (AvgIpc) is 2.81. The van der Waals surface area contributed by atoms with Crippen molar-refractivity contribution >= 4 is 17.0 Å². The Balaban J connectivity index is 2.03. The molecule has 0 radical (unpaired) electrons. The monoisotopic (exact) mass is 234 g/mol. The van der Waals surface area contributed by atoms with Crippen LogP contribution in [0.2, 0.25) is 0 Å². The zero-order chi connectivity index (χ0) is 11.2. The molecule has 0 aliphatic rings. The molecule has 1 N–H and O–H groups in total. The highest BCUT2D eigenvalue weighted by Gasteiger charge is 2.02. The third-order valence-electron chi connectivity index (χ3n) is 2.13. The number of nitrogens with one attached hydrogen (secondary N) is 1. The molecule has 0 aliphatic carbocycles. The SMILES string of the molecule is CCOc1ccccc1NCc1cscn1. The Hall–Kier alpha value is -1.55. The minimum absolute atomic E-state index is 0.676. The fourth-order valence-electron chi connectivity index (χ4n) is 1.40. The van der Waals surface area contributed by atoms with Gasteiger partial charge in [0.15, 0.2) is 0 Å². The standard InChI is InChI=1S/C12H14N2OS/c1-2-15-12-6-4-3-5-11(12)13-7-10-8-16-9-14-10/h3-6,8-9,13H,2,7H2,1H3. The first-order chi connectivity index (χ1) is 7.90. The van der Waals surface area contributed by atoms with Gasteiger partial charge in [0.1, 0.15) is 5.75 Å². The maximum absolute atomic E-state index is 5.53. The number of rotatable bonds is 5. The van der Waals surface area contributed by atoms with Crippen molar-refractivity contribution in [3.8, 4) is 5.75 Å². The highest BCUT2D eigenvalue weighted by Crippen LogP contribution is 2.24. The van der Waals surface area contributed by atoms with Crippen LogP contribution in [0.25, 0.3) is 0 Å². The molecule has 0 amide bonds. The smallest absolute Gasteiger partial charge is 0.142 e. The van der Waals surface area contributed by atoms with Crippen molar-refractivity contribution in [3.05, 3.63) is 40.8 Å². The fourth-order valence-corrected chi connectivity index (χ4v) is 1.96. The summed E-state index contributed by atoms with van der Waals surface area (Å²) in [6.07, 6.45) is 0. The van der Waals surface area contributed by atoms with Crippen LogP contribution in [-0.2, 0) is 6.54 Å². The first kappa shape index (κ1) is 11.0. The summed E-state index contributed by atoms with van der Waals surface area (Å²) >= 11 is 1.61. The van der Waals surface area contributed by atoms with E-state index in [9.17, 15) is 0 Å². The van der Waals surface area contributed by atoms with Gasteiger partial charge in [-0.05, 0) is 19.1 Å². The molecule has 0 spiro atoms. The van der Waals surface area contributed by atoms with Crippen LogP contribution in [0.4, 0.5) is 5.69 Å². The Morgan fingerprint density at radius 2 is 2.25 bits per heavy atom. The predicted octanol–water partition coefficient (Wildman–Crippen LogP) is 3.15. The molecule has 0 saturated carbocycles. The molecule has 2 aromatic rings. The van der Waals surface area contributed by atoms with E-state index < -0.39 is 0 Å². The first-order valence-corrected chi connectivity index (χ1v) is 6.17. The van der Waals surface area contributed by atoms with Crippen LogP contribution in [0, 0.1) is 0 Å². The molecule has 2 rings (SSSR count). The first-order valence-electron chi connectivity index (χ1n) is 5.23. The van der Waals surface area contributed by atoms with Crippen LogP contribution in [0.1, 0.15) is 12.6 Å². The van der Waals surface area contributed by atoms with Crippen molar-refractivity contribution in [3.63, 3.8) is 0 Å². The van der Waals surface area contributed by atoms with Crippen molar-refractivity contribution in [2.45, 2.75) is 13.5 Å². The molecule has 1 heterocycles. The molecular formula is C12H14N2OS. The summed E-state index contributed by atoms with van der Waals surface area (Å²) in [5.41, 5.74) is 3.90. The Bertz CT molecular complexity index is 428. The van der Waals surface area contributed by atoms with Gasteiger partial charge in [-0.2, -0.15) is 0 Å². The average molecular weight is 234 g/mol. The quantitative estimate of drug-likeness (QED) is 0.863. The normalized spacial score (nSPS) is 10.1. The summed E-state index contributed by atoms with van der Waals surface area (Å²) < 4.78 is 5.53. The Morgan fingerprint density at radius 1 is 1.38 bits per heavy atom. The molecule has 4 heteroatoms. The number of thiazole rings is 1. The minimum atomic E-state index is 0.676.